The van der Waals surface area contributed by atoms with Crippen LogP contribution in [0.5, 0.6) is 0 Å². The predicted molar refractivity (Wildman–Crippen MR) is 33.7 cm³/mol. The zero-order valence-corrected chi connectivity index (χ0v) is 5.16. The van der Waals surface area contributed by atoms with Gasteiger partial charge in [-0.1, -0.05) is 0 Å². The molecule has 2 N–H and O–H groups in total. The fourth-order valence-electron chi connectivity index (χ4n) is 0.212. The van der Waals surface area contributed by atoms with Crippen LogP contribution in [-0.4, -0.2) is 19.5 Å². The maximum atomic E-state index is 5.17. The van der Waals surface area contributed by atoms with Gasteiger partial charge >= 0.3 is 0 Å². The molecule has 3 heteroatoms. The zero-order valence-electron chi connectivity index (χ0n) is 4.26. The molecule has 0 fully saturated rings. The van der Waals surface area contributed by atoms with E-state index in [4.69, 9.17) is 10.3 Å². The molecule has 0 aromatic heterocycles. The number of rotatable bonds is 4. The summed E-state index contributed by atoms with van der Waals surface area (Å²) in [6.07, 6.45) is 4.40. The molecular weight excluding hydrogens is 109 g/mol. The molecule has 0 aliphatic rings. The molecule has 42 valence electrons. The fraction of sp³-hybridized carbons (Fsp3) is 0.750. The van der Waals surface area contributed by atoms with Gasteiger partial charge in [-0.3, -0.25) is 0 Å². The molecular formula is C4H10NOP. The SMILES string of the molecule is C=POCCCN. The van der Waals surface area contributed by atoms with Crippen molar-refractivity contribution < 1.29 is 4.52 Å². The van der Waals surface area contributed by atoms with Crippen LogP contribution in [0.15, 0.2) is 0 Å². The van der Waals surface area contributed by atoms with E-state index in [0.29, 0.717) is 6.54 Å². The summed E-state index contributed by atoms with van der Waals surface area (Å²) in [7, 11) is 0.749. The Kier molecular flexibility index (Phi) is 6.17. The molecule has 0 saturated carbocycles. The first-order valence-electron chi connectivity index (χ1n) is 2.20. The minimum atomic E-state index is 0.704. The second-order valence-electron chi connectivity index (χ2n) is 1.10. The third-order valence-corrected chi connectivity index (χ3v) is 0.896. The number of nitrogens with two attached hydrogens (primary N) is 1. The lowest BCUT2D eigenvalue weighted by Gasteiger charge is -1.90. The lowest BCUT2D eigenvalue weighted by Crippen LogP contribution is -2.00. The first-order chi connectivity index (χ1) is 3.41. The highest BCUT2D eigenvalue weighted by atomic mass is 31.1. The van der Waals surface area contributed by atoms with Crippen molar-refractivity contribution >= 4 is 14.7 Å². The van der Waals surface area contributed by atoms with Crippen LogP contribution in [0.3, 0.4) is 0 Å². The Bertz CT molecular complexity index is 49.0. The molecule has 0 amide bonds. The van der Waals surface area contributed by atoms with Crippen molar-refractivity contribution in [2.75, 3.05) is 13.2 Å². The molecule has 0 saturated heterocycles. The summed E-state index contributed by atoms with van der Waals surface area (Å²) < 4.78 is 4.86. The van der Waals surface area contributed by atoms with Gasteiger partial charge in [0.15, 0.2) is 0 Å². The van der Waals surface area contributed by atoms with Crippen LogP contribution in [0.4, 0.5) is 0 Å². The summed E-state index contributed by atoms with van der Waals surface area (Å²) in [4.78, 5) is 0. The monoisotopic (exact) mass is 119 g/mol. The Morgan fingerprint density at radius 2 is 2.43 bits per heavy atom. The van der Waals surface area contributed by atoms with Crippen LogP contribution in [0.1, 0.15) is 6.42 Å². The molecule has 7 heavy (non-hydrogen) atoms. The molecule has 2 nitrogen and oxygen atoms in total. The second kappa shape index (κ2) is 6.09. The maximum absolute atomic E-state index is 5.17. The van der Waals surface area contributed by atoms with Crippen molar-refractivity contribution in [1.82, 2.24) is 0 Å². The van der Waals surface area contributed by atoms with E-state index in [9.17, 15) is 0 Å². The molecule has 0 aromatic rings. The van der Waals surface area contributed by atoms with Crippen molar-refractivity contribution in [3.63, 3.8) is 0 Å². The minimum absolute atomic E-state index is 0.704. The van der Waals surface area contributed by atoms with Gasteiger partial charge in [0.25, 0.3) is 0 Å². The van der Waals surface area contributed by atoms with Gasteiger partial charge in [-0.2, -0.15) is 0 Å². The molecule has 0 unspecified atom stereocenters. The van der Waals surface area contributed by atoms with Crippen molar-refractivity contribution in [3.8, 4) is 0 Å². The summed E-state index contributed by atoms with van der Waals surface area (Å²) in [5.74, 6) is 0. The molecule has 0 aromatic carbocycles. The third kappa shape index (κ3) is 6.09. The van der Waals surface area contributed by atoms with Crippen LogP contribution >= 0.6 is 8.43 Å². The second-order valence-corrected chi connectivity index (χ2v) is 1.62. The van der Waals surface area contributed by atoms with Gasteiger partial charge in [-0.15, -0.1) is 0 Å². The first kappa shape index (κ1) is 7.09. The van der Waals surface area contributed by atoms with E-state index in [1.54, 1.807) is 0 Å². The third-order valence-electron chi connectivity index (χ3n) is 0.531. The van der Waals surface area contributed by atoms with Crippen LogP contribution in [0.25, 0.3) is 0 Å². The average Bonchev–Trinajstić information content (AvgIpc) is 1.69. The number of hydrogen-bond donors (Lipinski definition) is 1. The maximum Gasteiger partial charge on any atom is 0.0586 e. The van der Waals surface area contributed by atoms with Gasteiger partial charge < -0.3 is 10.3 Å². The summed E-state index contributed by atoms with van der Waals surface area (Å²) in [6, 6.07) is 0. The number of hydrogen-bond acceptors (Lipinski definition) is 2. The van der Waals surface area contributed by atoms with E-state index in [0.717, 1.165) is 21.5 Å². The van der Waals surface area contributed by atoms with Crippen LogP contribution in [-0.2, 0) is 4.52 Å². The Morgan fingerprint density at radius 3 is 2.86 bits per heavy atom. The predicted octanol–water partition coefficient (Wildman–Crippen LogP) is 0.645. The van der Waals surface area contributed by atoms with Crippen molar-refractivity contribution in [2.45, 2.75) is 6.42 Å². The lowest BCUT2D eigenvalue weighted by molar-refractivity contribution is 0.364. The quantitative estimate of drug-likeness (QED) is 0.435. The van der Waals surface area contributed by atoms with E-state index in [1.165, 1.54) is 0 Å². The molecule has 0 bridgehead atoms. The molecule has 0 rings (SSSR count). The van der Waals surface area contributed by atoms with Gasteiger partial charge in [-0.25, -0.2) is 0 Å². The van der Waals surface area contributed by atoms with Gasteiger partial charge in [0, 0.05) is 8.43 Å². The molecule has 0 heterocycles. The van der Waals surface area contributed by atoms with Gasteiger partial charge in [0.1, 0.15) is 0 Å². The topological polar surface area (TPSA) is 35.2 Å². The van der Waals surface area contributed by atoms with E-state index >= 15 is 0 Å². The van der Waals surface area contributed by atoms with Crippen LogP contribution in [0, 0.1) is 0 Å². The zero-order chi connectivity index (χ0) is 5.54. The Hall–Kier alpha value is 0.0900. The van der Waals surface area contributed by atoms with Crippen LogP contribution in [0.2, 0.25) is 0 Å². The highest BCUT2D eigenvalue weighted by molar-refractivity contribution is 7.30. The largest absolute Gasteiger partial charge is 0.330 e. The Balaban J connectivity index is 2.56. The van der Waals surface area contributed by atoms with Gasteiger partial charge in [-0.05, 0) is 19.3 Å². The Morgan fingerprint density at radius 1 is 1.71 bits per heavy atom. The molecule has 0 aliphatic heterocycles. The van der Waals surface area contributed by atoms with Crippen molar-refractivity contribution in [3.05, 3.63) is 0 Å². The molecule has 0 atom stereocenters. The van der Waals surface area contributed by atoms with E-state index < -0.39 is 0 Å². The van der Waals surface area contributed by atoms with Crippen molar-refractivity contribution in [2.24, 2.45) is 5.73 Å². The highest BCUT2D eigenvalue weighted by Crippen LogP contribution is 1.92. The van der Waals surface area contributed by atoms with Gasteiger partial charge in [0.05, 0.1) is 6.61 Å². The summed E-state index contributed by atoms with van der Waals surface area (Å²) in [6.45, 7) is 1.44. The standard InChI is InChI=1S/C4H10NOP/c1-7-6-4-2-3-5/h1-5H2. The van der Waals surface area contributed by atoms with Crippen LogP contribution < -0.4 is 5.73 Å². The van der Waals surface area contributed by atoms with Crippen molar-refractivity contribution in [1.29, 1.82) is 0 Å². The van der Waals surface area contributed by atoms with E-state index in [2.05, 4.69) is 6.30 Å². The normalized spacial score (nSPS) is 9.86. The molecule has 0 radical (unpaired) electrons. The summed E-state index contributed by atoms with van der Waals surface area (Å²) >= 11 is 0. The Labute approximate surface area is 45.5 Å². The van der Waals surface area contributed by atoms with E-state index in [-0.39, 0.29) is 0 Å². The highest BCUT2D eigenvalue weighted by Gasteiger charge is 1.77. The molecule has 0 aliphatic carbocycles. The summed E-state index contributed by atoms with van der Waals surface area (Å²) in [5, 5.41) is 0. The fourth-order valence-corrected chi connectivity index (χ4v) is 0.471. The summed E-state index contributed by atoms with van der Waals surface area (Å²) in [5.41, 5.74) is 5.17. The van der Waals surface area contributed by atoms with Gasteiger partial charge in [0.2, 0.25) is 0 Å². The lowest BCUT2D eigenvalue weighted by atomic mass is 10.5. The average molecular weight is 119 g/mol. The smallest absolute Gasteiger partial charge is 0.0586 e. The first-order valence-corrected chi connectivity index (χ1v) is 3.19. The minimum Gasteiger partial charge on any atom is -0.330 e. The van der Waals surface area contributed by atoms with E-state index in [1.807, 2.05) is 0 Å². The molecule has 0 spiro atoms.